The molecule has 0 saturated heterocycles. The molecule has 1 N–H and O–H groups in total. The molecule has 0 aromatic carbocycles. The van der Waals surface area contributed by atoms with E-state index in [1.54, 1.807) is 6.07 Å². The summed E-state index contributed by atoms with van der Waals surface area (Å²) in [7, 11) is 0. The van der Waals surface area contributed by atoms with Gasteiger partial charge in [0.25, 0.3) is 0 Å². The lowest BCUT2D eigenvalue weighted by molar-refractivity contribution is -0.135. The van der Waals surface area contributed by atoms with E-state index in [2.05, 4.69) is 15.0 Å². The molecule has 2 aromatic rings. The van der Waals surface area contributed by atoms with Crippen molar-refractivity contribution in [3.63, 3.8) is 0 Å². The van der Waals surface area contributed by atoms with Gasteiger partial charge in [0.2, 0.25) is 0 Å². The number of hydrogen-bond acceptors (Lipinski definition) is 2. The Labute approximate surface area is 129 Å². The van der Waals surface area contributed by atoms with Crippen LogP contribution in [-0.2, 0) is 12.3 Å². The number of nitrogens with zero attached hydrogens (tertiary/aromatic N) is 2. The topological polar surface area (TPSA) is 41.6 Å². The molecule has 9 heteroatoms. The van der Waals surface area contributed by atoms with E-state index in [9.17, 15) is 13.2 Å². The van der Waals surface area contributed by atoms with Gasteiger partial charge in [0, 0.05) is 6.42 Å². The van der Waals surface area contributed by atoms with Crippen LogP contribution in [0.25, 0.3) is 11.2 Å². The van der Waals surface area contributed by atoms with Crippen molar-refractivity contribution in [2.75, 3.05) is 0 Å². The van der Waals surface area contributed by atoms with Gasteiger partial charge in [0.05, 0.1) is 11.4 Å². The molecule has 0 unspecified atom stereocenters. The molecule has 20 heavy (non-hydrogen) atoms. The van der Waals surface area contributed by atoms with E-state index in [-0.39, 0.29) is 36.3 Å². The highest BCUT2D eigenvalue weighted by Crippen LogP contribution is 2.25. The summed E-state index contributed by atoms with van der Waals surface area (Å²) in [4.78, 5) is 11.1. The average Bonchev–Trinajstić information content (AvgIpc) is 2.70. The maximum absolute atomic E-state index is 12.1. The van der Waals surface area contributed by atoms with Gasteiger partial charge >= 0.3 is 6.18 Å². The smallest absolute Gasteiger partial charge is 0.339 e. The Morgan fingerprint density at radius 1 is 1.25 bits per heavy atom. The van der Waals surface area contributed by atoms with Crippen LogP contribution < -0.4 is 0 Å². The number of fused-ring (bicyclic) bond motifs is 1. The van der Waals surface area contributed by atoms with E-state index in [0.717, 1.165) is 0 Å². The summed E-state index contributed by atoms with van der Waals surface area (Å²) in [6.07, 6.45) is -4.73. The molecule has 0 fully saturated rings. The van der Waals surface area contributed by atoms with Crippen LogP contribution in [0, 0.1) is 0 Å². The predicted molar refractivity (Wildman–Crippen MR) is 74.7 cm³/mol. The number of halogens is 6. The van der Waals surface area contributed by atoms with E-state index in [1.807, 2.05) is 0 Å². The molecular formula is C11H11Cl3F3N3. The summed E-state index contributed by atoms with van der Waals surface area (Å²) in [5.41, 5.74) is 1.65. The van der Waals surface area contributed by atoms with Crippen LogP contribution >= 0.6 is 35.6 Å². The molecule has 112 valence electrons. The normalized spacial score (nSPS) is 11.7. The Morgan fingerprint density at radius 3 is 2.55 bits per heavy atom. The highest BCUT2D eigenvalue weighted by molar-refractivity contribution is 6.29. The van der Waals surface area contributed by atoms with Crippen molar-refractivity contribution in [3.8, 4) is 0 Å². The lowest BCUT2D eigenvalue weighted by Gasteiger charge is -2.06. The van der Waals surface area contributed by atoms with Crippen LogP contribution in [0.4, 0.5) is 13.2 Å². The first kappa shape index (κ1) is 17.3. The summed E-state index contributed by atoms with van der Waals surface area (Å²) < 4.78 is 36.4. The van der Waals surface area contributed by atoms with Gasteiger partial charge < -0.3 is 4.98 Å². The van der Waals surface area contributed by atoms with Gasteiger partial charge in [-0.1, -0.05) is 11.6 Å². The van der Waals surface area contributed by atoms with Crippen molar-refractivity contribution in [3.05, 3.63) is 22.6 Å². The minimum absolute atomic E-state index is 0. The van der Waals surface area contributed by atoms with E-state index in [1.165, 1.54) is 0 Å². The average molecular weight is 349 g/mol. The molecule has 0 aliphatic heterocycles. The van der Waals surface area contributed by atoms with E-state index in [4.69, 9.17) is 23.2 Å². The summed E-state index contributed by atoms with van der Waals surface area (Å²) in [5, 5.41) is 0.210. The molecule has 2 heterocycles. The second-order valence-electron chi connectivity index (χ2n) is 4.09. The first-order valence-electron chi connectivity index (χ1n) is 5.56. The van der Waals surface area contributed by atoms with Crippen molar-refractivity contribution in [1.82, 2.24) is 15.0 Å². The first-order valence-corrected chi connectivity index (χ1v) is 6.47. The van der Waals surface area contributed by atoms with E-state index < -0.39 is 12.6 Å². The molecule has 0 atom stereocenters. The van der Waals surface area contributed by atoms with E-state index >= 15 is 0 Å². The van der Waals surface area contributed by atoms with Crippen molar-refractivity contribution in [1.29, 1.82) is 0 Å². The number of aromatic nitrogens is 3. The molecule has 2 aromatic heterocycles. The third-order valence-corrected chi connectivity index (χ3v) is 3.04. The molecule has 0 saturated carbocycles. The molecule has 0 aliphatic carbocycles. The number of rotatable bonds is 4. The van der Waals surface area contributed by atoms with Crippen molar-refractivity contribution < 1.29 is 13.2 Å². The first-order chi connectivity index (χ1) is 8.89. The van der Waals surface area contributed by atoms with Crippen LogP contribution in [0.2, 0.25) is 5.15 Å². The van der Waals surface area contributed by atoms with Crippen LogP contribution in [0.1, 0.15) is 24.2 Å². The molecule has 2 rings (SSSR count). The monoisotopic (exact) mass is 347 g/mol. The molecule has 0 amide bonds. The van der Waals surface area contributed by atoms with Crippen molar-refractivity contribution in [2.24, 2.45) is 0 Å². The largest absolute Gasteiger partial charge is 0.389 e. The number of aryl methyl sites for hydroxylation is 1. The molecule has 3 nitrogen and oxygen atoms in total. The SMILES string of the molecule is Cl.FC(F)(F)CCCc1cc(Cl)nc2nc(CCl)[nH]c12. The predicted octanol–water partition coefficient (Wildman–Crippen LogP) is 4.66. The zero-order chi connectivity index (χ0) is 14.0. The van der Waals surface area contributed by atoms with Gasteiger partial charge in [-0.25, -0.2) is 9.97 Å². The van der Waals surface area contributed by atoms with Crippen molar-refractivity contribution >= 4 is 46.8 Å². The van der Waals surface area contributed by atoms with Crippen LogP contribution in [-0.4, -0.2) is 21.1 Å². The minimum Gasteiger partial charge on any atom is -0.339 e. The van der Waals surface area contributed by atoms with Crippen molar-refractivity contribution in [2.45, 2.75) is 31.3 Å². The van der Waals surface area contributed by atoms with Gasteiger partial charge in [0.1, 0.15) is 11.0 Å². The zero-order valence-corrected chi connectivity index (χ0v) is 12.4. The lowest BCUT2D eigenvalue weighted by atomic mass is 10.1. The molecular weight excluding hydrogens is 337 g/mol. The van der Waals surface area contributed by atoms with Gasteiger partial charge in [-0.15, -0.1) is 24.0 Å². The van der Waals surface area contributed by atoms with E-state index in [0.29, 0.717) is 22.6 Å². The summed E-state index contributed by atoms with van der Waals surface area (Å²) >= 11 is 11.5. The zero-order valence-electron chi connectivity index (χ0n) is 10.1. The highest BCUT2D eigenvalue weighted by Gasteiger charge is 2.26. The summed E-state index contributed by atoms with van der Waals surface area (Å²) in [5.74, 6) is 0.694. The number of aromatic amines is 1. The van der Waals surface area contributed by atoms with Gasteiger partial charge in [-0.3, -0.25) is 0 Å². The third kappa shape index (κ3) is 4.40. The standard InChI is InChI=1S/C11H10Cl2F3N3.ClH/c12-5-8-18-9-6(2-1-3-11(14,15)16)4-7(13)17-10(9)19-8;/h4H,1-3,5H2,(H,17,18,19);1H. The fraction of sp³-hybridized carbons (Fsp3) is 0.455. The maximum atomic E-state index is 12.1. The second kappa shape index (κ2) is 6.83. The number of nitrogens with one attached hydrogen (secondary N) is 1. The van der Waals surface area contributed by atoms with Gasteiger partial charge in [0.15, 0.2) is 5.65 Å². The molecule has 0 radical (unpaired) electrons. The number of H-pyrrole nitrogens is 1. The Balaban J connectivity index is 0.00000200. The number of imidazole rings is 1. The number of alkyl halides is 4. The Kier molecular flexibility index (Phi) is 5.91. The number of pyridine rings is 1. The third-order valence-electron chi connectivity index (χ3n) is 2.59. The quantitative estimate of drug-likeness (QED) is 0.645. The second-order valence-corrected chi connectivity index (χ2v) is 4.74. The lowest BCUT2D eigenvalue weighted by Crippen LogP contribution is -2.07. The molecule has 0 spiro atoms. The Morgan fingerprint density at radius 2 is 1.95 bits per heavy atom. The summed E-state index contributed by atoms with van der Waals surface area (Å²) in [6, 6.07) is 1.55. The molecule has 0 bridgehead atoms. The Bertz CT molecular complexity index is 583. The van der Waals surface area contributed by atoms with Crippen LogP contribution in [0.3, 0.4) is 0 Å². The Hall–Kier alpha value is -0.720. The minimum atomic E-state index is -4.15. The fourth-order valence-electron chi connectivity index (χ4n) is 1.81. The molecule has 0 aliphatic rings. The van der Waals surface area contributed by atoms with Crippen LogP contribution in [0.15, 0.2) is 6.07 Å². The maximum Gasteiger partial charge on any atom is 0.389 e. The van der Waals surface area contributed by atoms with Gasteiger partial charge in [-0.05, 0) is 24.5 Å². The van der Waals surface area contributed by atoms with Crippen LogP contribution in [0.5, 0.6) is 0 Å². The fourth-order valence-corrected chi connectivity index (χ4v) is 2.14. The highest BCUT2D eigenvalue weighted by atomic mass is 35.5. The number of hydrogen-bond donors (Lipinski definition) is 1. The van der Waals surface area contributed by atoms with Gasteiger partial charge in [-0.2, -0.15) is 13.2 Å². The summed E-state index contributed by atoms with van der Waals surface area (Å²) in [6.45, 7) is 0.